The van der Waals surface area contributed by atoms with Crippen LogP contribution in [0.25, 0.3) is 0 Å². The molecule has 0 aliphatic heterocycles. The number of para-hydroxylation sites is 1. The molecule has 0 atom stereocenters. The van der Waals surface area contributed by atoms with E-state index in [1.807, 2.05) is 0 Å². The SMILES string of the molecule is CC(=O)c1ccc(NCC(=O)Nc2ccccc2C(=O)NC2CC2)cc1. The van der Waals surface area contributed by atoms with Gasteiger partial charge in [-0.15, -0.1) is 0 Å². The van der Waals surface area contributed by atoms with E-state index in [0.29, 0.717) is 16.8 Å². The van der Waals surface area contributed by atoms with E-state index < -0.39 is 0 Å². The zero-order valence-electron chi connectivity index (χ0n) is 14.5. The lowest BCUT2D eigenvalue weighted by Gasteiger charge is -2.12. The molecule has 1 fully saturated rings. The molecular weight excluding hydrogens is 330 g/mol. The van der Waals surface area contributed by atoms with Crippen LogP contribution in [0.3, 0.4) is 0 Å². The third-order valence-electron chi connectivity index (χ3n) is 4.10. The Morgan fingerprint density at radius 3 is 2.35 bits per heavy atom. The second-order valence-electron chi connectivity index (χ2n) is 6.33. The lowest BCUT2D eigenvalue weighted by molar-refractivity contribution is -0.114. The van der Waals surface area contributed by atoms with E-state index >= 15 is 0 Å². The molecule has 2 aromatic rings. The van der Waals surface area contributed by atoms with Gasteiger partial charge in [-0.3, -0.25) is 14.4 Å². The van der Waals surface area contributed by atoms with E-state index in [1.54, 1.807) is 48.5 Å². The Hall–Kier alpha value is -3.15. The van der Waals surface area contributed by atoms with Crippen LogP contribution in [0.1, 0.15) is 40.5 Å². The number of benzene rings is 2. The molecule has 3 rings (SSSR count). The largest absolute Gasteiger partial charge is 0.376 e. The molecule has 26 heavy (non-hydrogen) atoms. The summed E-state index contributed by atoms with van der Waals surface area (Å²) < 4.78 is 0. The van der Waals surface area contributed by atoms with E-state index in [4.69, 9.17) is 0 Å². The maximum Gasteiger partial charge on any atom is 0.253 e. The van der Waals surface area contributed by atoms with Gasteiger partial charge >= 0.3 is 0 Å². The summed E-state index contributed by atoms with van der Waals surface area (Å²) >= 11 is 0. The lowest BCUT2D eigenvalue weighted by atomic mass is 10.1. The number of amides is 2. The van der Waals surface area contributed by atoms with E-state index in [-0.39, 0.29) is 30.2 Å². The van der Waals surface area contributed by atoms with Gasteiger partial charge in [-0.05, 0) is 56.2 Å². The van der Waals surface area contributed by atoms with Gasteiger partial charge in [0, 0.05) is 17.3 Å². The van der Waals surface area contributed by atoms with Crippen LogP contribution in [-0.2, 0) is 4.79 Å². The number of hydrogen-bond acceptors (Lipinski definition) is 4. The summed E-state index contributed by atoms with van der Waals surface area (Å²) in [6, 6.07) is 14.1. The molecule has 1 aliphatic carbocycles. The summed E-state index contributed by atoms with van der Waals surface area (Å²) in [6.07, 6.45) is 2.01. The number of carbonyl (C=O) groups is 3. The summed E-state index contributed by atoms with van der Waals surface area (Å²) in [6.45, 7) is 1.56. The Morgan fingerprint density at radius 2 is 1.69 bits per heavy atom. The fourth-order valence-corrected chi connectivity index (χ4v) is 2.48. The summed E-state index contributed by atoms with van der Waals surface area (Å²) in [4.78, 5) is 35.7. The predicted molar refractivity (Wildman–Crippen MR) is 100 cm³/mol. The van der Waals surface area contributed by atoms with Crippen molar-refractivity contribution in [1.82, 2.24) is 5.32 Å². The van der Waals surface area contributed by atoms with Crippen molar-refractivity contribution in [3.63, 3.8) is 0 Å². The van der Waals surface area contributed by atoms with Crippen molar-refractivity contribution in [2.75, 3.05) is 17.2 Å². The second-order valence-corrected chi connectivity index (χ2v) is 6.33. The summed E-state index contributed by atoms with van der Waals surface area (Å²) in [7, 11) is 0. The standard InChI is InChI=1S/C20H21N3O3/c1-13(24)14-6-8-15(9-7-14)21-12-19(25)23-18-5-3-2-4-17(18)20(26)22-16-10-11-16/h2-9,16,21H,10-12H2,1H3,(H,22,26)(H,23,25). The molecule has 0 unspecified atom stereocenters. The average molecular weight is 351 g/mol. The van der Waals surface area contributed by atoms with Crippen molar-refractivity contribution in [2.45, 2.75) is 25.8 Å². The fourth-order valence-electron chi connectivity index (χ4n) is 2.48. The molecule has 6 nitrogen and oxygen atoms in total. The number of nitrogens with one attached hydrogen (secondary N) is 3. The Labute approximate surface area is 152 Å². The first-order valence-electron chi connectivity index (χ1n) is 8.57. The zero-order chi connectivity index (χ0) is 18.5. The van der Waals surface area contributed by atoms with Gasteiger partial charge in [0.25, 0.3) is 5.91 Å². The van der Waals surface area contributed by atoms with Crippen LogP contribution in [0.15, 0.2) is 48.5 Å². The molecule has 0 bridgehead atoms. The molecule has 0 heterocycles. The third kappa shape index (κ3) is 4.69. The van der Waals surface area contributed by atoms with Crippen LogP contribution in [-0.4, -0.2) is 30.2 Å². The summed E-state index contributed by atoms with van der Waals surface area (Å²) in [5.41, 5.74) is 2.31. The highest BCUT2D eigenvalue weighted by molar-refractivity contribution is 6.04. The van der Waals surface area contributed by atoms with Crippen LogP contribution >= 0.6 is 0 Å². The number of carbonyl (C=O) groups excluding carboxylic acids is 3. The molecule has 6 heteroatoms. The molecule has 0 radical (unpaired) electrons. The monoisotopic (exact) mass is 351 g/mol. The van der Waals surface area contributed by atoms with Gasteiger partial charge in [0.2, 0.25) is 5.91 Å². The second kappa shape index (κ2) is 7.82. The van der Waals surface area contributed by atoms with Crippen molar-refractivity contribution in [3.05, 3.63) is 59.7 Å². The van der Waals surface area contributed by atoms with Gasteiger partial charge in [0.05, 0.1) is 17.8 Å². The first-order chi connectivity index (χ1) is 12.5. The van der Waals surface area contributed by atoms with Gasteiger partial charge in [0.1, 0.15) is 0 Å². The molecule has 134 valence electrons. The predicted octanol–water partition coefficient (Wildman–Crippen LogP) is 2.83. The highest BCUT2D eigenvalue weighted by Gasteiger charge is 2.24. The number of anilines is 2. The lowest BCUT2D eigenvalue weighted by Crippen LogP contribution is -2.28. The van der Waals surface area contributed by atoms with E-state index in [0.717, 1.165) is 18.5 Å². The number of ketones is 1. The van der Waals surface area contributed by atoms with Crippen LogP contribution < -0.4 is 16.0 Å². The molecule has 1 saturated carbocycles. The van der Waals surface area contributed by atoms with Crippen molar-refractivity contribution < 1.29 is 14.4 Å². The van der Waals surface area contributed by atoms with Crippen molar-refractivity contribution in [3.8, 4) is 0 Å². The zero-order valence-corrected chi connectivity index (χ0v) is 14.5. The Morgan fingerprint density at radius 1 is 1.00 bits per heavy atom. The van der Waals surface area contributed by atoms with Crippen LogP contribution in [0.5, 0.6) is 0 Å². The first kappa shape index (κ1) is 17.7. The molecule has 1 aliphatic rings. The minimum atomic E-state index is -0.257. The molecule has 2 aromatic carbocycles. The summed E-state index contributed by atoms with van der Waals surface area (Å²) in [5, 5.41) is 8.69. The quantitative estimate of drug-likeness (QED) is 0.670. The smallest absolute Gasteiger partial charge is 0.253 e. The van der Waals surface area contributed by atoms with Gasteiger partial charge in [-0.2, -0.15) is 0 Å². The minimum absolute atomic E-state index is 0.00428. The van der Waals surface area contributed by atoms with Crippen LogP contribution in [0.4, 0.5) is 11.4 Å². The summed E-state index contributed by atoms with van der Waals surface area (Å²) in [5.74, 6) is -0.432. The topological polar surface area (TPSA) is 87.3 Å². The molecule has 0 saturated heterocycles. The van der Waals surface area contributed by atoms with Crippen LogP contribution in [0, 0.1) is 0 Å². The van der Waals surface area contributed by atoms with Crippen molar-refractivity contribution in [2.24, 2.45) is 0 Å². The highest BCUT2D eigenvalue weighted by Crippen LogP contribution is 2.21. The first-order valence-corrected chi connectivity index (χ1v) is 8.57. The van der Waals surface area contributed by atoms with Crippen LogP contribution in [0.2, 0.25) is 0 Å². The van der Waals surface area contributed by atoms with Gasteiger partial charge in [-0.25, -0.2) is 0 Å². The fraction of sp³-hybridized carbons (Fsp3) is 0.250. The number of hydrogen-bond donors (Lipinski definition) is 3. The number of rotatable bonds is 7. The van der Waals surface area contributed by atoms with E-state index in [1.165, 1.54) is 6.92 Å². The Kier molecular flexibility index (Phi) is 5.31. The molecule has 3 N–H and O–H groups in total. The van der Waals surface area contributed by atoms with Gasteiger partial charge in [-0.1, -0.05) is 12.1 Å². The minimum Gasteiger partial charge on any atom is -0.376 e. The average Bonchev–Trinajstić information content (AvgIpc) is 3.44. The maximum atomic E-state index is 12.3. The van der Waals surface area contributed by atoms with Crippen molar-refractivity contribution >= 4 is 29.0 Å². The highest BCUT2D eigenvalue weighted by atomic mass is 16.2. The van der Waals surface area contributed by atoms with E-state index in [9.17, 15) is 14.4 Å². The number of Topliss-reactive ketones (excluding diaryl/α,β-unsaturated/α-hetero) is 1. The Bertz CT molecular complexity index is 826. The molecule has 2 amide bonds. The normalized spacial score (nSPS) is 13.0. The third-order valence-corrected chi connectivity index (χ3v) is 4.10. The molecule has 0 aromatic heterocycles. The van der Waals surface area contributed by atoms with E-state index in [2.05, 4.69) is 16.0 Å². The van der Waals surface area contributed by atoms with Crippen molar-refractivity contribution in [1.29, 1.82) is 0 Å². The maximum absolute atomic E-state index is 12.3. The molecule has 0 spiro atoms. The molecular formula is C20H21N3O3. The van der Waals surface area contributed by atoms with Gasteiger partial charge < -0.3 is 16.0 Å². The van der Waals surface area contributed by atoms with Gasteiger partial charge in [0.15, 0.2) is 5.78 Å². The Balaban J connectivity index is 1.57.